The lowest BCUT2D eigenvalue weighted by Gasteiger charge is -2.11. The van der Waals surface area contributed by atoms with Gasteiger partial charge in [-0.3, -0.25) is 9.59 Å². The molecule has 0 fully saturated rings. The molecule has 0 aliphatic rings. The second-order valence-corrected chi connectivity index (χ2v) is 4.07. The zero-order valence-electron chi connectivity index (χ0n) is 11.8. The van der Waals surface area contributed by atoms with Crippen LogP contribution in [0.5, 0.6) is 5.75 Å². The molecular formula is C14H17F3O3. The molecule has 1 aromatic rings. The maximum absolute atomic E-state index is 12.4. The van der Waals surface area contributed by atoms with Gasteiger partial charge in [-0.25, -0.2) is 0 Å². The summed E-state index contributed by atoms with van der Waals surface area (Å²) in [6.45, 7) is 6.47. The molecule has 0 spiro atoms. The number of alkyl halides is 3. The quantitative estimate of drug-likeness (QED) is 0.464. The number of carbonyl (C=O) groups excluding carboxylic acids is 2. The summed E-state index contributed by atoms with van der Waals surface area (Å²) in [7, 11) is 0. The Bertz CT molecular complexity index is 479. The van der Waals surface area contributed by atoms with Gasteiger partial charge in [0, 0.05) is 6.92 Å². The first-order valence-electron chi connectivity index (χ1n) is 6.04. The molecule has 0 unspecified atom stereocenters. The van der Waals surface area contributed by atoms with Crippen molar-refractivity contribution in [1.29, 1.82) is 0 Å². The van der Waals surface area contributed by atoms with Crippen LogP contribution in [0.4, 0.5) is 13.2 Å². The summed E-state index contributed by atoms with van der Waals surface area (Å²) < 4.78 is 41.8. The summed E-state index contributed by atoms with van der Waals surface area (Å²) in [5, 5.41) is 0. The smallest absolute Gasteiger partial charge is 0.416 e. The summed E-state index contributed by atoms with van der Waals surface area (Å²) in [6, 6.07) is 2.39. The molecule has 0 aliphatic carbocycles. The van der Waals surface area contributed by atoms with Crippen molar-refractivity contribution < 1.29 is 27.5 Å². The Balaban J connectivity index is 0.00000110. The van der Waals surface area contributed by atoms with E-state index in [4.69, 9.17) is 0 Å². The van der Waals surface area contributed by atoms with Crippen LogP contribution in [0.15, 0.2) is 18.2 Å². The number of hydrogen-bond donors (Lipinski definition) is 0. The standard InChI is InChI=1S/C11H9F3O3.C3H8/c1-6(15)9-4-3-8(11(12,13)14)5-10(9)17-7(2)16;1-3-2/h3-5H,1-2H3;3H2,1-2H3. The second kappa shape index (κ2) is 7.67. The van der Waals surface area contributed by atoms with Crippen LogP contribution in [0.1, 0.15) is 50.0 Å². The van der Waals surface area contributed by atoms with E-state index < -0.39 is 23.5 Å². The molecular weight excluding hydrogens is 273 g/mol. The average Bonchev–Trinajstić information content (AvgIpc) is 2.27. The molecule has 0 aromatic heterocycles. The molecule has 0 saturated heterocycles. The lowest BCUT2D eigenvalue weighted by Crippen LogP contribution is -2.10. The zero-order chi connectivity index (χ0) is 15.9. The van der Waals surface area contributed by atoms with Crippen LogP contribution in [-0.2, 0) is 11.0 Å². The number of carbonyl (C=O) groups is 2. The average molecular weight is 290 g/mol. The van der Waals surface area contributed by atoms with E-state index in [0.29, 0.717) is 6.07 Å². The molecule has 0 aliphatic heterocycles. The predicted molar refractivity (Wildman–Crippen MR) is 68.7 cm³/mol. The Morgan fingerprint density at radius 2 is 1.65 bits per heavy atom. The monoisotopic (exact) mass is 290 g/mol. The van der Waals surface area contributed by atoms with Crippen LogP contribution in [0.3, 0.4) is 0 Å². The van der Waals surface area contributed by atoms with Gasteiger partial charge in [-0.1, -0.05) is 20.3 Å². The highest BCUT2D eigenvalue weighted by molar-refractivity contribution is 5.97. The molecule has 3 nitrogen and oxygen atoms in total. The fraction of sp³-hybridized carbons (Fsp3) is 0.429. The topological polar surface area (TPSA) is 43.4 Å². The number of halogens is 3. The lowest BCUT2D eigenvalue weighted by molar-refractivity contribution is -0.138. The summed E-state index contributed by atoms with van der Waals surface area (Å²) in [6.07, 6.45) is -3.30. The molecule has 0 amide bonds. The summed E-state index contributed by atoms with van der Waals surface area (Å²) in [5.74, 6) is -1.64. The molecule has 0 bridgehead atoms. The summed E-state index contributed by atoms with van der Waals surface area (Å²) in [5.41, 5.74) is -1.04. The van der Waals surface area contributed by atoms with E-state index in [1.54, 1.807) is 0 Å². The fourth-order valence-corrected chi connectivity index (χ4v) is 1.23. The molecule has 6 heteroatoms. The first kappa shape index (κ1) is 18.1. The predicted octanol–water partition coefficient (Wildman–Crippen LogP) is 4.25. The van der Waals surface area contributed by atoms with Crippen molar-refractivity contribution in [3.63, 3.8) is 0 Å². The van der Waals surface area contributed by atoms with Crippen molar-refractivity contribution in [2.24, 2.45) is 0 Å². The number of ether oxygens (including phenoxy) is 1. The van der Waals surface area contributed by atoms with Gasteiger partial charge in [0.2, 0.25) is 0 Å². The van der Waals surface area contributed by atoms with Crippen LogP contribution < -0.4 is 4.74 Å². The zero-order valence-corrected chi connectivity index (χ0v) is 11.8. The van der Waals surface area contributed by atoms with E-state index in [1.807, 2.05) is 0 Å². The first-order chi connectivity index (χ1) is 9.13. The third-order valence-electron chi connectivity index (χ3n) is 1.94. The van der Waals surface area contributed by atoms with Crippen molar-refractivity contribution >= 4 is 11.8 Å². The summed E-state index contributed by atoms with van der Waals surface area (Å²) >= 11 is 0. The Hall–Kier alpha value is -1.85. The second-order valence-electron chi connectivity index (χ2n) is 4.07. The minimum Gasteiger partial charge on any atom is -0.426 e. The lowest BCUT2D eigenvalue weighted by atomic mass is 10.1. The molecule has 1 rings (SSSR count). The highest BCUT2D eigenvalue weighted by Crippen LogP contribution is 2.33. The summed E-state index contributed by atoms with van der Waals surface area (Å²) in [4.78, 5) is 21.9. The number of esters is 1. The Morgan fingerprint density at radius 1 is 1.15 bits per heavy atom. The molecule has 0 saturated carbocycles. The van der Waals surface area contributed by atoms with Gasteiger partial charge >= 0.3 is 12.1 Å². The minimum atomic E-state index is -4.55. The normalized spacial score (nSPS) is 10.3. The van der Waals surface area contributed by atoms with Crippen LogP contribution in [0.25, 0.3) is 0 Å². The van der Waals surface area contributed by atoms with Crippen molar-refractivity contribution in [3.05, 3.63) is 29.3 Å². The van der Waals surface area contributed by atoms with E-state index in [-0.39, 0.29) is 11.3 Å². The van der Waals surface area contributed by atoms with Gasteiger partial charge in [-0.2, -0.15) is 13.2 Å². The minimum absolute atomic E-state index is 0.0619. The van der Waals surface area contributed by atoms with E-state index in [9.17, 15) is 22.8 Å². The first-order valence-corrected chi connectivity index (χ1v) is 6.04. The van der Waals surface area contributed by atoms with Crippen molar-refractivity contribution in [2.75, 3.05) is 0 Å². The third-order valence-corrected chi connectivity index (χ3v) is 1.94. The Labute approximate surface area is 115 Å². The van der Waals surface area contributed by atoms with E-state index in [2.05, 4.69) is 18.6 Å². The van der Waals surface area contributed by atoms with Gasteiger partial charge in [-0.05, 0) is 25.1 Å². The molecule has 0 N–H and O–H groups in total. The number of hydrogen-bond acceptors (Lipinski definition) is 3. The van der Waals surface area contributed by atoms with Crippen molar-refractivity contribution in [1.82, 2.24) is 0 Å². The number of Topliss-reactive ketones (excluding diaryl/α,β-unsaturated/α-hetero) is 1. The highest BCUT2D eigenvalue weighted by atomic mass is 19.4. The van der Waals surface area contributed by atoms with Gasteiger partial charge in [0.05, 0.1) is 11.1 Å². The van der Waals surface area contributed by atoms with E-state index >= 15 is 0 Å². The molecule has 0 radical (unpaired) electrons. The van der Waals surface area contributed by atoms with Gasteiger partial charge in [0.1, 0.15) is 5.75 Å². The maximum atomic E-state index is 12.4. The van der Waals surface area contributed by atoms with E-state index in [1.165, 1.54) is 13.3 Å². The number of ketones is 1. The van der Waals surface area contributed by atoms with Gasteiger partial charge in [-0.15, -0.1) is 0 Å². The molecule has 1 aromatic carbocycles. The van der Waals surface area contributed by atoms with Gasteiger partial charge < -0.3 is 4.74 Å². The fourth-order valence-electron chi connectivity index (χ4n) is 1.23. The Kier molecular flexibility index (Phi) is 6.96. The largest absolute Gasteiger partial charge is 0.426 e. The van der Waals surface area contributed by atoms with Crippen LogP contribution in [-0.4, -0.2) is 11.8 Å². The van der Waals surface area contributed by atoms with Crippen LogP contribution in [0, 0.1) is 0 Å². The van der Waals surface area contributed by atoms with Crippen molar-refractivity contribution in [3.8, 4) is 5.75 Å². The molecule has 112 valence electrons. The third kappa shape index (κ3) is 5.86. The number of benzene rings is 1. The maximum Gasteiger partial charge on any atom is 0.416 e. The SMILES string of the molecule is CC(=O)Oc1cc(C(F)(F)F)ccc1C(C)=O.CCC. The van der Waals surface area contributed by atoms with E-state index in [0.717, 1.165) is 19.1 Å². The van der Waals surface area contributed by atoms with Gasteiger partial charge in [0.25, 0.3) is 0 Å². The molecule has 20 heavy (non-hydrogen) atoms. The van der Waals surface area contributed by atoms with Gasteiger partial charge in [0.15, 0.2) is 5.78 Å². The highest BCUT2D eigenvalue weighted by Gasteiger charge is 2.31. The molecule has 0 heterocycles. The van der Waals surface area contributed by atoms with Crippen LogP contribution in [0.2, 0.25) is 0 Å². The molecule has 0 atom stereocenters. The number of rotatable bonds is 2. The van der Waals surface area contributed by atoms with Crippen LogP contribution >= 0.6 is 0 Å². The Morgan fingerprint density at radius 3 is 2.00 bits per heavy atom. The van der Waals surface area contributed by atoms with Crippen molar-refractivity contribution in [2.45, 2.75) is 40.3 Å².